The molecule has 98 valence electrons. The minimum Gasteiger partial charge on any atom is -0.363 e. The van der Waals surface area contributed by atoms with Crippen LogP contribution in [0.5, 0.6) is 0 Å². The Bertz CT molecular complexity index is 186. The highest BCUT2D eigenvalue weighted by atomic mass is 17.2. The highest BCUT2D eigenvalue weighted by Gasteiger charge is 2.30. The Labute approximate surface area is 100 Å². The van der Waals surface area contributed by atoms with Gasteiger partial charge in [0.1, 0.15) is 5.60 Å². The predicted molar refractivity (Wildman–Crippen MR) is 65.9 cm³/mol. The topological polar surface area (TPSA) is 38.7 Å². The van der Waals surface area contributed by atoms with Crippen LogP contribution in [0.2, 0.25) is 0 Å². The van der Waals surface area contributed by atoms with Crippen LogP contribution < -0.4 is 0 Å². The molecule has 3 heteroatoms. The molecular weight excluding hydrogens is 204 g/mol. The van der Waals surface area contributed by atoms with Crippen molar-refractivity contribution in [1.29, 1.82) is 0 Å². The van der Waals surface area contributed by atoms with Gasteiger partial charge >= 0.3 is 0 Å². The van der Waals surface area contributed by atoms with Gasteiger partial charge in [0.15, 0.2) is 5.79 Å². The van der Waals surface area contributed by atoms with Crippen LogP contribution >= 0.6 is 0 Å². The first-order valence-corrected chi connectivity index (χ1v) is 6.30. The SMILES string of the molecule is CCCCCC(C)(O)OOC(C)(C)C(C)C. The molecule has 0 aliphatic rings. The first-order valence-electron chi connectivity index (χ1n) is 6.30. The molecule has 3 nitrogen and oxygen atoms in total. The molecule has 0 saturated carbocycles. The summed E-state index contributed by atoms with van der Waals surface area (Å²) in [7, 11) is 0. The van der Waals surface area contributed by atoms with E-state index in [0.717, 1.165) is 19.3 Å². The second kappa shape index (κ2) is 6.58. The number of rotatable bonds is 8. The molecule has 0 fully saturated rings. The van der Waals surface area contributed by atoms with Gasteiger partial charge in [-0.1, -0.05) is 33.6 Å². The lowest BCUT2D eigenvalue weighted by atomic mass is 9.95. The molecule has 0 aromatic heterocycles. The van der Waals surface area contributed by atoms with Crippen molar-refractivity contribution in [3.05, 3.63) is 0 Å². The molecule has 1 atom stereocenters. The Balaban J connectivity index is 3.97. The van der Waals surface area contributed by atoms with Crippen molar-refractivity contribution in [2.24, 2.45) is 5.92 Å². The highest BCUT2D eigenvalue weighted by Crippen LogP contribution is 2.25. The molecule has 0 bridgehead atoms. The standard InChI is InChI=1S/C13H28O3/c1-7-8-9-10-13(6,14)16-15-12(4,5)11(2)3/h11,14H,7-10H2,1-6H3. The third kappa shape index (κ3) is 6.46. The molecule has 0 amide bonds. The maximum atomic E-state index is 9.94. The fraction of sp³-hybridized carbons (Fsp3) is 1.00. The van der Waals surface area contributed by atoms with E-state index >= 15 is 0 Å². The van der Waals surface area contributed by atoms with Crippen LogP contribution in [0.4, 0.5) is 0 Å². The predicted octanol–water partition coefficient (Wildman–Crippen LogP) is 3.66. The highest BCUT2D eigenvalue weighted by molar-refractivity contribution is 4.71. The molecule has 0 aliphatic heterocycles. The normalized spacial score (nSPS) is 16.5. The third-order valence-corrected chi connectivity index (χ3v) is 3.07. The Kier molecular flexibility index (Phi) is 6.53. The van der Waals surface area contributed by atoms with E-state index in [9.17, 15) is 5.11 Å². The van der Waals surface area contributed by atoms with Crippen LogP contribution in [-0.4, -0.2) is 16.5 Å². The Hall–Kier alpha value is -0.120. The Morgan fingerprint density at radius 2 is 1.62 bits per heavy atom. The van der Waals surface area contributed by atoms with Crippen molar-refractivity contribution in [3.63, 3.8) is 0 Å². The Morgan fingerprint density at radius 1 is 1.06 bits per heavy atom. The van der Waals surface area contributed by atoms with E-state index in [-0.39, 0.29) is 5.60 Å². The van der Waals surface area contributed by atoms with Gasteiger partial charge in [0, 0.05) is 6.42 Å². The minimum atomic E-state index is -1.18. The molecule has 16 heavy (non-hydrogen) atoms. The summed E-state index contributed by atoms with van der Waals surface area (Å²) in [5.41, 5.74) is -0.380. The van der Waals surface area contributed by atoms with Gasteiger partial charge in [-0.2, -0.15) is 0 Å². The first kappa shape index (κ1) is 15.9. The van der Waals surface area contributed by atoms with Crippen LogP contribution in [-0.2, 0) is 9.78 Å². The van der Waals surface area contributed by atoms with E-state index < -0.39 is 5.79 Å². The van der Waals surface area contributed by atoms with Crippen molar-refractivity contribution in [2.75, 3.05) is 0 Å². The lowest BCUT2D eigenvalue weighted by Gasteiger charge is -2.32. The third-order valence-electron chi connectivity index (χ3n) is 3.07. The average molecular weight is 232 g/mol. The summed E-state index contributed by atoms with van der Waals surface area (Å²) in [6, 6.07) is 0. The minimum absolute atomic E-state index is 0.332. The van der Waals surface area contributed by atoms with Gasteiger partial charge in [-0.05, 0) is 33.1 Å². The van der Waals surface area contributed by atoms with Crippen LogP contribution in [0.3, 0.4) is 0 Å². The number of hydrogen-bond acceptors (Lipinski definition) is 3. The fourth-order valence-electron chi connectivity index (χ4n) is 1.04. The van der Waals surface area contributed by atoms with Gasteiger partial charge in [0.25, 0.3) is 0 Å². The molecule has 0 spiro atoms. The van der Waals surface area contributed by atoms with Crippen LogP contribution in [0, 0.1) is 5.92 Å². The van der Waals surface area contributed by atoms with Crippen molar-refractivity contribution in [1.82, 2.24) is 0 Å². The molecule has 1 unspecified atom stereocenters. The summed E-state index contributed by atoms with van der Waals surface area (Å²) < 4.78 is 0. The van der Waals surface area contributed by atoms with E-state index in [2.05, 4.69) is 20.8 Å². The van der Waals surface area contributed by atoms with E-state index in [1.807, 2.05) is 13.8 Å². The summed E-state index contributed by atoms with van der Waals surface area (Å²) in [6.45, 7) is 11.8. The maximum Gasteiger partial charge on any atom is 0.196 e. The number of unbranched alkanes of at least 4 members (excludes halogenated alkanes) is 2. The quantitative estimate of drug-likeness (QED) is 0.300. The maximum absolute atomic E-state index is 9.94. The number of aliphatic hydroxyl groups is 1. The average Bonchev–Trinajstić information content (AvgIpc) is 2.15. The number of hydrogen-bond donors (Lipinski definition) is 1. The van der Waals surface area contributed by atoms with Crippen molar-refractivity contribution in [3.8, 4) is 0 Å². The fourth-order valence-corrected chi connectivity index (χ4v) is 1.04. The lowest BCUT2D eigenvalue weighted by Crippen LogP contribution is -2.37. The van der Waals surface area contributed by atoms with Gasteiger partial charge in [-0.25, -0.2) is 9.78 Å². The van der Waals surface area contributed by atoms with Crippen LogP contribution in [0.15, 0.2) is 0 Å². The van der Waals surface area contributed by atoms with Gasteiger partial charge in [0.2, 0.25) is 0 Å². The summed E-state index contributed by atoms with van der Waals surface area (Å²) >= 11 is 0. The Morgan fingerprint density at radius 3 is 2.06 bits per heavy atom. The van der Waals surface area contributed by atoms with E-state index in [4.69, 9.17) is 9.78 Å². The second-order valence-electron chi connectivity index (χ2n) is 5.56. The van der Waals surface area contributed by atoms with Crippen LogP contribution in [0.1, 0.15) is 67.2 Å². The van der Waals surface area contributed by atoms with Gasteiger partial charge in [0.05, 0.1) is 0 Å². The molecule has 0 rings (SSSR count). The van der Waals surface area contributed by atoms with E-state index in [1.165, 1.54) is 0 Å². The molecule has 0 radical (unpaired) electrons. The van der Waals surface area contributed by atoms with E-state index in [0.29, 0.717) is 12.3 Å². The summed E-state index contributed by atoms with van der Waals surface area (Å²) in [5.74, 6) is -0.847. The van der Waals surface area contributed by atoms with Gasteiger partial charge < -0.3 is 5.11 Å². The summed E-state index contributed by atoms with van der Waals surface area (Å²) in [6.07, 6.45) is 3.80. The lowest BCUT2D eigenvalue weighted by molar-refractivity contribution is -0.456. The monoisotopic (exact) mass is 232 g/mol. The zero-order chi connectivity index (χ0) is 12.8. The van der Waals surface area contributed by atoms with Gasteiger partial charge in [-0.3, -0.25) is 0 Å². The molecule has 0 aromatic rings. The van der Waals surface area contributed by atoms with E-state index in [1.54, 1.807) is 6.92 Å². The van der Waals surface area contributed by atoms with Crippen molar-refractivity contribution < 1.29 is 14.9 Å². The first-order chi connectivity index (χ1) is 7.21. The second-order valence-corrected chi connectivity index (χ2v) is 5.56. The van der Waals surface area contributed by atoms with Crippen molar-refractivity contribution >= 4 is 0 Å². The largest absolute Gasteiger partial charge is 0.363 e. The van der Waals surface area contributed by atoms with Crippen LogP contribution in [0.25, 0.3) is 0 Å². The van der Waals surface area contributed by atoms with Gasteiger partial charge in [-0.15, -0.1) is 0 Å². The summed E-state index contributed by atoms with van der Waals surface area (Å²) in [5, 5.41) is 9.94. The van der Waals surface area contributed by atoms with Crippen molar-refractivity contribution in [2.45, 2.75) is 78.6 Å². The zero-order valence-electron chi connectivity index (χ0n) is 11.7. The molecular formula is C13H28O3. The molecule has 0 heterocycles. The summed E-state index contributed by atoms with van der Waals surface area (Å²) in [4.78, 5) is 10.5. The smallest absolute Gasteiger partial charge is 0.196 e. The molecule has 1 N–H and O–H groups in total. The zero-order valence-corrected chi connectivity index (χ0v) is 11.7. The molecule has 0 aliphatic carbocycles. The molecule has 0 saturated heterocycles. The molecule has 0 aromatic carbocycles.